The fraction of sp³-hybridized carbons (Fsp3) is 0.231. The second-order valence-corrected chi connectivity index (χ2v) is 10.3. The quantitative estimate of drug-likeness (QED) is 0.302. The zero-order chi connectivity index (χ0) is 25.4. The fourth-order valence-electron chi connectivity index (χ4n) is 3.20. The Kier molecular flexibility index (Phi) is 8.89. The molecule has 0 spiro atoms. The SMILES string of the molecule is CCCOc1ccc(/C=N\NC(=O)CN(c2cc(Cl)ccc2C)S(=O)(=O)c2ccc(C)cc2)cc1. The topological polar surface area (TPSA) is 88.1 Å². The van der Waals surface area contributed by atoms with E-state index in [2.05, 4.69) is 10.5 Å². The van der Waals surface area contributed by atoms with Crippen molar-refractivity contribution in [3.05, 3.63) is 88.4 Å². The Hall–Kier alpha value is -3.36. The van der Waals surface area contributed by atoms with Crippen LogP contribution in [0.3, 0.4) is 0 Å². The Bertz CT molecular complexity index is 1290. The minimum Gasteiger partial charge on any atom is -0.494 e. The number of anilines is 1. The number of benzene rings is 3. The van der Waals surface area contributed by atoms with Gasteiger partial charge in [-0.25, -0.2) is 13.8 Å². The van der Waals surface area contributed by atoms with Gasteiger partial charge >= 0.3 is 0 Å². The molecule has 9 heteroatoms. The third-order valence-corrected chi connectivity index (χ3v) is 7.10. The number of amides is 1. The number of hydrogen-bond acceptors (Lipinski definition) is 5. The monoisotopic (exact) mass is 513 g/mol. The summed E-state index contributed by atoms with van der Waals surface area (Å²) < 4.78 is 33.6. The van der Waals surface area contributed by atoms with Crippen molar-refractivity contribution in [3.63, 3.8) is 0 Å². The van der Waals surface area contributed by atoms with Crippen molar-refractivity contribution in [1.82, 2.24) is 5.43 Å². The van der Waals surface area contributed by atoms with Gasteiger partial charge in [0.05, 0.1) is 23.4 Å². The first kappa shape index (κ1) is 26.2. The number of rotatable bonds is 10. The summed E-state index contributed by atoms with van der Waals surface area (Å²) in [5.74, 6) is 0.154. The molecule has 35 heavy (non-hydrogen) atoms. The van der Waals surface area contributed by atoms with Crippen LogP contribution in [0.2, 0.25) is 5.02 Å². The number of carbonyl (C=O) groups excluding carboxylic acids is 1. The van der Waals surface area contributed by atoms with Crippen LogP contribution < -0.4 is 14.5 Å². The van der Waals surface area contributed by atoms with Crippen molar-refractivity contribution < 1.29 is 17.9 Å². The van der Waals surface area contributed by atoms with E-state index in [1.165, 1.54) is 24.4 Å². The molecule has 3 aromatic carbocycles. The maximum absolute atomic E-state index is 13.5. The minimum atomic E-state index is -4.05. The van der Waals surface area contributed by atoms with Gasteiger partial charge in [0.1, 0.15) is 12.3 Å². The van der Waals surface area contributed by atoms with Gasteiger partial charge in [-0.15, -0.1) is 0 Å². The summed E-state index contributed by atoms with van der Waals surface area (Å²) in [6.45, 7) is 5.82. The summed E-state index contributed by atoms with van der Waals surface area (Å²) >= 11 is 6.15. The maximum Gasteiger partial charge on any atom is 0.264 e. The maximum atomic E-state index is 13.5. The van der Waals surface area contributed by atoms with E-state index in [-0.39, 0.29) is 4.90 Å². The first-order valence-corrected chi connectivity index (χ1v) is 12.9. The summed E-state index contributed by atoms with van der Waals surface area (Å²) in [7, 11) is -4.05. The lowest BCUT2D eigenvalue weighted by molar-refractivity contribution is -0.119. The fourth-order valence-corrected chi connectivity index (χ4v) is 4.85. The lowest BCUT2D eigenvalue weighted by Gasteiger charge is -2.25. The largest absolute Gasteiger partial charge is 0.494 e. The van der Waals surface area contributed by atoms with Crippen molar-refractivity contribution >= 4 is 39.4 Å². The van der Waals surface area contributed by atoms with Gasteiger partial charge in [-0.1, -0.05) is 42.3 Å². The van der Waals surface area contributed by atoms with Crippen molar-refractivity contribution in [1.29, 1.82) is 0 Å². The number of carbonyl (C=O) groups is 1. The molecule has 7 nitrogen and oxygen atoms in total. The van der Waals surface area contributed by atoms with Gasteiger partial charge in [-0.05, 0) is 79.9 Å². The minimum absolute atomic E-state index is 0.0733. The molecular weight excluding hydrogens is 486 g/mol. The van der Waals surface area contributed by atoms with Crippen molar-refractivity contribution in [2.75, 3.05) is 17.5 Å². The van der Waals surface area contributed by atoms with E-state index in [0.717, 1.165) is 27.6 Å². The van der Waals surface area contributed by atoms with Crippen LogP contribution in [0, 0.1) is 13.8 Å². The van der Waals surface area contributed by atoms with Gasteiger partial charge in [0.15, 0.2) is 0 Å². The van der Waals surface area contributed by atoms with Crippen LogP contribution in [0.15, 0.2) is 76.7 Å². The standard InChI is InChI=1S/C26H28ClN3O4S/c1-4-15-34-23-11-8-21(9-12-23)17-28-29-26(31)18-30(25-16-22(27)10-7-20(25)3)35(32,33)24-13-5-19(2)6-14-24/h5-14,16-17H,4,15,18H2,1-3H3,(H,29,31)/b28-17-. The summed E-state index contributed by atoms with van der Waals surface area (Å²) in [5.41, 5.74) is 5.06. The van der Waals surface area contributed by atoms with Crippen molar-refractivity contribution in [3.8, 4) is 5.75 Å². The lowest BCUT2D eigenvalue weighted by Crippen LogP contribution is -2.40. The molecule has 0 aliphatic rings. The zero-order valence-electron chi connectivity index (χ0n) is 19.9. The first-order valence-electron chi connectivity index (χ1n) is 11.1. The predicted molar refractivity (Wildman–Crippen MR) is 140 cm³/mol. The molecule has 1 N–H and O–H groups in total. The van der Waals surface area contributed by atoms with Crippen LogP contribution in [-0.2, 0) is 14.8 Å². The molecule has 0 bridgehead atoms. The Labute approximate surface area is 211 Å². The Morgan fingerprint density at radius 2 is 1.74 bits per heavy atom. The number of halogens is 1. The molecule has 0 fully saturated rings. The Balaban J connectivity index is 1.79. The second kappa shape index (κ2) is 11.9. The normalized spacial score (nSPS) is 11.4. The number of hydrogen-bond donors (Lipinski definition) is 1. The van der Waals surface area contributed by atoms with Crippen molar-refractivity contribution in [2.45, 2.75) is 32.1 Å². The molecular formula is C26H28ClN3O4S. The Morgan fingerprint density at radius 3 is 2.40 bits per heavy atom. The highest BCUT2D eigenvalue weighted by atomic mass is 35.5. The molecule has 0 saturated carbocycles. The van der Waals surface area contributed by atoms with Gasteiger partial charge < -0.3 is 4.74 Å². The van der Waals surface area contributed by atoms with Crippen LogP contribution in [0.25, 0.3) is 0 Å². The molecule has 0 heterocycles. The molecule has 3 aromatic rings. The van der Waals surface area contributed by atoms with Gasteiger partial charge in [0.25, 0.3) is 15.9 Å². The highest BCUT2D eigenvalue weighted by Gasteiger charge is 2.28. The highest BCUT2D eigenvalue weighted by Crippen LogP contribution is 2.29. The number of hydrazone groups is 1. The highest BCUT2D eigenvalue weighted by molar-refractivity contribution is 7.92. The average molecular weight is 514 g/mol. The molecule has 0 atom stereocenters. The van der Waals surface area contributed by atoms with E-state index < -0.39 is 22.5 Å². The average Bonchev–Trinajstić information content (AvgIpc) is 2.84. The van der Waals surface area contributed by atoms with E-state index in [1.807, 2.05) is 38.1 Å². The molecule has 0 aromatic heterocycles. The molecule has 0 unspecified atom stereocenters. The number of ether oxygens (including phenoxy) is 1. The van der Waals surface area contributed by atoms with Gasteiger partial charge in [0.2, 0.25) is 0 Å². The molecule has 0 aliphatic carbocycles. The molecule has 0 radical (unpaired) electrons. The van der Waals surface area contributed by atoms with Crippen LogP contribution >= 0.6 is 11.6 Å². The van der Waals surface area contributed by atoms with Crippen molar-refractivity contribution in [2.24, 2.45) is 5.10 Å². The number of aryl methyl sites for hydroxylation is 2. The molecule has 0 saturated heterocycles. The van der Waals surface area contributed by atoms with Crippen LogP contribution in [-0.4, -0.2) is 33.7 Å². The summed E-state index contributed by atoms with van der Waals surface area (Å²) in [6.07, 6.45) is 2.39. The van der Waals surface area contributed by atoms with E-state index in [9.17, 15) is 13.2 Å². The summed E-state index contributed by atoms with van der Waals surface area (Å²) in [5, 5.41) is 4.33. The second-order valence-electron chi connectivity index (χ2n) is 7.97. The van der Waals surface area contributed by atoms with Gasteiger partial charge in [0, 0.05) is 5.02 Å². The number of nitrogens with zero attached hydrogens (tertiary/aromatic N) is 2. The van der Waals surface area contributed by atoms with E-state index in [0.29, 0.717) is 22.9 Å². The summed E-state index contributed by atoms with van der Waals surface area (Å²) in [4.78, 5) is 12.8. The third kappa shape index (κ3) is 7.07. The predicted octanol–water partition coefficient (Wildman–Crippen LogP) is 5.09. The molecule has 184 valence electrons. The summed E-state index contributed by atoms with van der Waals surface area (Å²) in [6, 6.07) is 18.6. The third-order valence-electron chi connectivity index (χ3n) is 5.09. The van der Waals surface area contributed by atoms with Gasteiger partial charge in [-0.3, -0.25) is 9.10 Å². The lowest BCUT2D eigenvalue weighted by atomic mass is 10.2. The molecule has 1 amide bonds. The number of sulfonamides is 1. The Morgan fingerprint density at radius 1 is 1.06 bits per heavy atom. The van der Waals surface area contributed by atoms with E-state index >= 15 is 0 Å². The van der Waals surface area contributed by atoms with Crippen LogP contribution in [0.4, 0.5) is 5.69 Å². The number of nitrogens with one attached hydrogen (secondary N) is 1. The van der Waals surface area contributed by atoms with Gasteiger partial charge in [-0.2, -0.15) is 5.10 Å². The zero-order valence-corrected chi connectivity index (χ0v) is 21.4. The van der Waals surface area contributed by atoms with Crippen LogP contribution in [0.5, 0.6) is 5.75 Å². The smallest absolute Gasteiger partial charge is 0.264 e. The molecule has 3 rings (SSSR count). The first-order chi connectivity index (χ1) is 16.7. The van der Waals surface area contributed by atoms with Crippen LogP contribution in [0.1, 0.15) is 30.0 Å². The molecule has 0 aliphatic heterocycles. The van der Waals surface area contributed by atoms with E-state index in [4.69, 9.17) is 16.3 Å². The van der Waals surface area contributed by atoms with E-state index in [1.54, 1.807) is 31.2 Å².